The third-order valence-electron chi connectivity index (χ3n) is 4.04. The van der Waals surface area contributed by atoms with Crippen LogP contribution in [0.3, 0.4) is 0 Å². The number of benzene rings is 1. The standard InChI is InChI=1S/C19H22O7/c1-5-24-18(21)15(19(22)25-6-2)11(3)13-10-12-8-7-9-14(23-4)16(12)26-17(13)20/h7-11,15H,5-6H2,1-4H3. The molecule has 0 spiro atoms. The van der Waals surface area contributed by atoms with E-state index in [1.165, 1.54) is 7.11 Å². The molecule has 2 rings (SSSR count). The van der Waals surface area contributed by atoms with E-state index in [-0.39, 0.29) is 18.8 Å². The topological polar surface area (TPSA) is 92.0 Å². The van der Waals surface area contributed by atoms with E-state index in [0.29, 0.717) is 16.7 Å². The molecule has 7 heteroatoms. The van der Waals surface area contributed by atoms with Crippen molar-refractivity contribution >= 4 is 22.9 Å². The molecule has 1 atom stereocenters. The van der Waals surface area contributed by atoms with E-state index in [0.717, 1.165) is 0 Å². The monoisotopic (exact) mass is 362 g/mol. The zero-order valence-electron chi connectivity index (χ0n) is 15.2. The summed E-state index contributed by atoms with van der Waals surface area (Å²) < 4.78 is 20.5. The molecule has 0 aliphatic heterocycles. The number of carbonyl (C=O) groups is 2. The second kappa shape index (κ2) is 8.51. The number of hydrogen-bond acceptors (Lipinski definition) is 7. The lowest BCUT2D eigenvalue weighted by atomic mass is 9.88. The van der Waals surface area contributed by atoms with Crippen LogP contribution in [0.25, 0.3) is 11.0 Å². The third kappa shape index (κ3) is 3.87. The predicted molar refractivity (Wildman–Crippen MR) is 94.2 cm³/mol. The summed E-state index contributed by atoms with van der Waals surface area (Å²) in [5.74, 6) is -3.07. The number of para-hydroxylation sites is 1. The summed E-state index contributed by atoms with van der Waals surface area (Å²) in [6, 6.07) is 6.78. The van der Waals surface area contributed by atoms with Gasteiger partial charge >= 0.3 is 17.6 Å². The molecule has 0 amide bonds. The summed E-state index contributed by atoms with van der Waals surface area (Å²) in [4.78, 5) is 37.0. The molecule has 0 fully saturated rings. The van der Waals surface area contributed by atoms with Gasteiger partial charge in [-0.05, 0) is 26.0 Å². The molecule has 1 heterocycles. The van der Waals surface area contributed by atoms with Crippen LogP contribution in [0, 0.1) is 5.92 Å². The van der Waals surface area contributed by atoms with Gasteiger partial charge in [0.05, 0.1) is 20.3 Å². The van der Waals surface area contributed by atoms with Crippen LogP contribution in [0.15, 0.2) is 33.5 Å². The predicted octanol–water partition coefficient (Wildman–Crippen LogP) is 2.65. The van der Waals surface area contributed by atoms with Gasteiger partial charge in [0.1, 0.15) is 0 Å². The highest BCUT2D eigenvalue weighted by Gasteiger charge is 2.37. The molecule has 0 saturated heterocycles. The highest BCUT2D eigenvalue weighted by molar-refractivity contribution is 5.96. The molecule has 0 aliphatic carbocycles. The van der Waals surface area contributed by atoms with E-state index in [1.807, 2.05) is 0 Å². The summed E-state index contributed by atoms with van der Waals surface area (Å²) >= 11 is 0. The number of esters is 2. The van der Waals surface area contributed by atoms with Gasteiger partial charge in [0.15, 0.2) is 17.3 Å². The Morgan fingerprint density at radius 3 is 2.27 bits per heavy atom. The van der Waals surface area contributed by atoms with Crippen molar-refractivity contribution in [2.75, 3.05) is 20.3 Å². The van der Waals surface area contributed by atoms with Crippen LogP contribution in [0.1, 0.15) is 32.3 Å². The lowest BCUT2D eigenvalue weighted by Gasteiger charge is -2.20. The molecule has 0 radical (unpaired) electrons. The highest BCUT2D eigenvalue weighted by atomic mass is 16.6. The van der Waals surface area contributed by atoms with Gasteiger partial charge in [-0.3, -0.25) is 9.59 Å². The van der Waals surface area contributed by atoms with Gasteiger partial charge < -0.3 is 18.6 Å². The maximum atomic E-state index is 12.5. The minimum absolute atomic E-state index is 0.116. The molecule has 0 aliphatic rings. The van der Waals surface area contributed by atoms with E-state index >= 15 is 0 Å². The van der Waals surface area contributed by atoms with Crippen LogP contribution in [0.2, 0.25) is 0 Å². The Bertz CT molecular complexity index is 835. The lowest BCUT2D eigenvalue weighted by Crippen LogP contribution is -2.34. The van der Waals surface area contributed by atoms with E-state index in [2.05, 4.69) is 0 Å². The molecule has 26 heavy (non-hydrogen) atoms. The Labute approximate surface area is 150 Å². The average Bonchev–Trinajstić information content (AvgIpc) is 2.61. The van der Waals surface area contributed by atoms with Gasteiger partial charge in [-0.2, -0.15) is 0 Å². The molecule has 1 aromatic heterocycles. The third-order valence-corrected chi connectivity index (χ3v) is 4.04. The second-order valence-electron chi connectivity index (χ2n) is 5.64. The Morgan fingerprint density at radius 2 is 1.73 bits per heavy atom. The van der Waals surface area contributed by atoms with Gasteiger partial charge in [-0.1, -0.05) is 19.1 Å². The van der Waals surface area contributed by atoms with Gasteiger partial charge in [0.2, 0.25) is 0 Å². The molecule has 1 aromatic carbocycles. The largest absolute Gasteiger partial charge is 0.493 e. The number of hydrogen-bond donors (Lipinski definition) is 0. The van der Waals surface area contributed by atoms with Crippen molar-refractivity contribution in [2.24, 2.45) is 5.92 Å². The van der Waals surface area contributed by atoms with Crippen LogP contribution >= 0.6 is 0 Å². The molecule has 0 saturated carbocycles. The molecule has 2 aromatic rings. The minimum atomic E-state index is -1.25. The van der Waals surface area contributed by atoms with E-state index < -0.39 is 29.4 Å². The molecular formula is C19H22O7. The van der Waals surface area contributed by atoms with E-state index in [4.69, 9.17) is 18.6 Å². The summed E-state index contributed by atoms with van der Waals surface area (Å²) in [5, 5.41) is 0.622. The first-order valence-corrected chi connectivity index (χ1v) is 8.38. The normalized spacial score (nSPS) is 12.0. The van der Waals surface area contributed by atoms with Crippen LogP contribution in [0.5, 0.6) is 5.75 Å². The number of rotatable bonds is 7. The lowest BCUT2D eigenvalue weighted by molar-refractivity contribution is -0.162. The number of ether oxygens (including phenoxy) is 3. The van der Waals surface area contributed by atoms with Crippen molar-refractivity contribution in [3.05, 3.63) is 40.2 Å². The quantitative estimate of drug-likeness (QED) is 0.425. The Balaban J connectivity index is 2.52. The zero-order valence-corrected chi connectivity index (χ0v) is 15.2. The van der Waals surface area contributed by atoms with Crippen molar-refractivity contribution in [1.29, 1.82) is 0 Å². The van der Waals surface area contributed by atoms with Gasteiger partial charge in [0.25, 0.3) is 0 Å². The summed E-state index contributed by atoms with van der Waals surface area (Å²) in [6.07, 6.45) is 0. The van der Waals surface area contributed by atoms with E-state index in [1.54, 1.807) is 45.0 Å². The van der Waals surface area contributed by atoms with Gasteiger partial charge in [-0.15, -0.1) is 0 Å². The SMILES string of the molecule is CCOC(=O)C(C(=O)OCC)C(C)c1cc2cccc(OC)c2oc1=O. The Hall–Kier alpha value is -2.83. The molecule has 0 N–H and O–H groups in total. The van der Waals surface area contributed by atoms with Crippen molar-refractivity contribution in [2.45, 2.75) is 26.7 Å². The van der Waals surface area contributed by atoms with Crippen molar-refractivity contribution < 1.29 is 28.2 Å². The first-order valence-electron chi connectivity index (χ1n) is 8.38. The van der Waals surface area contributed by atoms with Crippen LogP contribution in [0.4, 0.5) is 0 Å². The molecule has 1 unspecified atom stereocenters. The maximum absolute atomic E-state index is 12.5. The maximum Gasteiger partial charge on any atom is 0.339 e. The second-order valence-corrected chi connectivity index (χ2v) is 5.64. The molecular weight excluding hydrogens is 340 g/mol. The first kappa shape index (κ1) is 19.5. The average molecular weight is 362 g/mol. The molecule has 0 bridgehead atoms. The number of methoxy groups -OCH3 is 1. The smallest absolute Gasteiger partial charge is 0.339 e. The fourth-order valence-corrected chi connectivity index (χ4v) is 2.76. The minimum Gasteiger partial charge on any atom is -0.493 e. The molecule has 7 nitrogen and oxygen atoms in total. The van der Waals surface area contributed by atoms with Crippen molar-refractivity contribution in [3.8, 4) is 5.75 Å². The Kier molecular flexibility index (Phi) is 6.38. The van der Waals surface area contributed by atoms with Crippen LogP contribution in [-0.2, 0) is 19.1 Å². The number of fused-ring (bicyclic) bond motifs is 1. The first-order chi connectivity index (χ1) is 12.4. The number of carbonyl (C=O) groups excluding carboxylic acids is 2. The highest BCUT2D eigenvalue weighted by Crippen LogP contribution is 2.30. The van der Waals surface area contributed by atoms with Crippen molar-refractivity contribution in [1.82, 2.24) is 0 Å². The van der Waals surface area contributed by atoms with Gasteiger partial charge in [0, 0.05) is 16.9 Å². The van der Waals surface area contributed by atoms with Gasteiger partial charge in [-0.25, -0.2) is 4.79 Å². The van der Waals surface area contributed by atoms with Crippen molar-refractivity contribution in [3.63, 3.8) is 0 Å². The zero-order chi connectivity index (χ0) is 19.3. The summed E-state index contributed by atoms with van der Waals surface area (Å²) in [6.45, 7) is 5.11. The summed E-state index contributed by atoms with van der Waals surface area (Å²) in [7, 11) is 1.48. The summed E-state index contributed by atoms with van der Waals surface area (Å²) in [5.41, 5.74) is -0.148. The Morgan fingerprint density at radius 1 is 1.12 bits per heavy atom. The molecule has 140 valence electrons. The van der Waals surface area contributed by atoms with Crippen LogP contribution in [-0.4, -0.2) is 32.3 Å². The fraction of sp³-hybridized carbons (Fsp3) is 0.421. The van der Waals surface area contributed by atoms with E-state index in [9.17, 15) is 14.4 Å². The fourth-order valence-electron chi connectivity index (χ4n) is 2.76. The van der Waals surface area contributed by atoms with Crippen LogP contribution < -0.4 is 10.4 Å².